The maximum atomic E-state index is 12.4. The Labute approximate surface area is 153 Å². The molecule has 0 saturated carbocycles. The van der Waals surface area contributed by atoms with Gasteiger partial charge in [-0.2, -0.15) is 0 Å². The van der Waals surface area contributed by atoms with Gasteiger partial charge in [-0.25, -0.2) is 4.98 Å². The van der Waals surface area contributed by atoms with Crippen LogP contribution in [0.4, 0.5) is 0 Å². The van der Waals surface area contributed by atoms with Gasteiger partial charge in [0.15, 0.2) is 5.72 Å². The highest BCUT2D eigenvalue weighted by atomic mass is 16.6. The van der Waals surface area contributed by atoms with E-state index in [1.807, 2.05) is 10.6 Å². The number of benzene rings is 1. The zero-order chi connectivity index (χ0) is 18.1. The monoisotopic (exact) mass is 354 g/mol. The third-order valence-corrected chi connectivity index (χ3v) is 5.06. The number of aromatic nitrogens is 3. The van der Waals surface area contributed by atoms with Crippen LogP contribution in [-0.2, 0) is 31.2 Å². The summed E-state index contributed by atoms with van der Waals surface area (Å²) >= 11 is 0. The Hall–Kier alpha value is -2.44. The number of rotatable bonds is 7. The number of epoxide rings is 1. The van der Waals surface area contributed by atoms with Crippen molar-refractivity contribution in [1.82, 2.24) is 19.4 Å². The van der Waals surface area contributed by atoms with Gasteiger partial charge in [0.2, 0.25) is 0 Å². The summed E-state index contributed by atoms with van der Waals surface area (Å²) in [6.45, 7) is 4.22. The van der Waals surface area contributed by atoms with Crippen LogP contribution < -0.4 is 10.9 Å². The molecule has 0 amide bonds. The van der Waals surface area contributed by atoms with Crippen molar-refractivity contribution < 1.29 is 6.16 Å². The number of aryl methyl sites for hydroxylation is 2. The standard InChI is InChI=1S/C20H24N4O2.H2/c1-3-15-4-6-16(7-5-15)8-10-22-20(13-26-20)12-24-14-21-17-9-11-23(2)19(25)18(17)24;/h4-7,9,11,14,22H,3,8,10,12-13H2,1-2H3;1H. The third-order valence-electron chi connectivity index (χ3n) is 5.06. The van der Waals surface area contributed by atoms with E-state index in [9.17, 15) is 4.79 Å². The van der Waals surface area contributed by atoms with E-state index < -0.39 is 5.72 Å². The van der Waals surface area contributed by atoms with Crippen molar-refractivity contribution >= 4 is 11.0 Å². The van der Waals surface area contributed by atoms with Crippen molar-refractivity contribution in [2.45, 2.75) is 32.0 Å². The van der Waals surface area contributed by atoms with Crippen LogP contribution in [0.15, 0.2) is 47.7 Å². The SMILES string of the molecule is CCc1ccc(CCNC2(Cn3cnc4ccn(C)c(=O)c43)CO2)cc1.[HH]. The highest BCUT2D eigenvalue weighted by Gasteiger charge is 2.45. The number of nitrogens with zero attached hydrogens (tertiary/aromatic N) is 3. The predicted octanol–water partition coefficient (Wildman–Crippen LogP) is 2.10. The zero-order valence-electron chi connectivity index (χ0n) is 15.2. The summed E-state index contributed by atoms with van der Waals surface area (Å²) in [6.07, 6.45) is 5.48. The van der Waals surface area contributed by atoms with Crippen molar-refractivity contribution in [3.63, 3.8) is 0 Å². The van der Waals surface area contributed by atoms with Gasteiger partial charge in [-0.15, -0.1) is 0 Å². The van der Waals surface area contributed by atoms with Gasteiger partial charge in [-0.3, -0.25) is 10.1 Å². The maximum absolute atomic E-state index is 12.4. The molecule has 1 saturated heterocycles. The number of fused-ring (bicyclic) bond motifs is 1. The summed E-state index contributed by atoms with van der Waals surface area (Å²) in [6, 6.07) is 10.6. The summed E-state index contributed by atoms with van der Waals surface area (Å²) in [5, 5.41) is 3.50. The molecule has 3 heterocycles. The van der Waals surface area contributed by atoms with Crippen LogP contribution in [0.1, 0.15) is 19.5 Å². The minimum atomic E-state index is -0.391. The summed E-state index contributed by atoms with van der Waals surface area (Å²) < 4.78 is 9.17. The van der Waals surface area contributed by atoms with Crippen LogP contribution in [0.3, 0.4) is 0 Å². The zero-order valence-corrected chi connectivity index (χ0v) is 15.2. The van der Waals surface area contributed by atoms with E-state index in [-0.39, 0.29) is 6.99 Å². The molecule has 0 bridgehead atoms. The molecule has 26 heavy (non-hydrogen) atoms. The number of hydrogen-bond acceptors (Lipinski definition) is 4. The number of pyridine rings is 1. The molecule has 1 N–H and O–H groups in total. The summed E-state index contributed by atoms with van der Waals surface area (Å²) in [5.41, 5.74) is 3.59. The van der Waals surface area contributed by atoms with Gasteiger partial charge in [0.05, 0.1) is 25.0 Å². The largest absolute Gasteiger partial charge is 0.352 e. The maximum Gasteiger partial charge on any atom is 0.276 e. The molecule has 6 nitrogen and oxygen atoms in total. The van der Waals surface area contributed by atoms with Crippen molar-refractivity contribution in [3.05, 3.63) is 64.3 Å². The van der Waals surface area contributed by atoms with E-state index in [1.54, 1.807) is 24.1 Å². The molecule has 1 aliphatic heterocycles. The molecule has 1 aliphatic rings. The van der Waals surface area contributed by atoms with Gasteiger partial charge in [0.1, 0.15) is 5.52 Å². The second kappa shape index (κ2) is 6.70. The number of hydrogen-bond donors (Lipinski definition) is 1. The smallest absolute Gasteiger partial charge is 0.276 e. The molecule has 138 valence electrons. The van der Waals surface area contributed by atoms with Crippen molar-refractivity contribution in [2.75, 3.05) is 13.2 Å². The minimum absolute atomic E-state index is 0. The van der Waals surface area contributed by atoms with E-state index in [1.165, 1.54) is 11.1 Å². The van der Waals surface area contributed by atoms with Crippen LogP contribution in [0.25, 0.3) is 11.0 Å². The molecule has 1 aromatic carbocycles. The summed E-state index contributed by atoms with van der Waals surface area (Å²) in [7, 11) is 1.75. The lowest BCUT2D eigenvalue weighted by Gasteiger charge is -2.15. The third kappa shape index (κ3) is 3.30. The molecule has 0 radical (unpaired) electrons. The normalized spacial score (nSPS) is 19.2. The van der Waals surface area contributed by atoms with Gasteiger partial charge < -0.3 is 13.9 Å². The van der Waals surface area contributed by atoms with Gasteiger partial charge >= 0.3 is 0 Å². The number of nitrogens with one attached hydrogen (secondary N) is 1. The molecule has 1 atom stereocenters. The molecule has 4 rings (SSSR count). The van der Waals surface area contributed by atoms with Crippen molar-refractivity contribution in [3.8, 4) is 0 Å². The fourth-order valence-electron chi connectivity index (χ4n) is 3.28. The van der Waals surface area contributed by atoms with Gasteiger partial charge in [0, 0.05) is 21.2 Å². The number of ether oxygens (including phenoxy) is 1. The Morgan fingerprint density at radius 3 is 2.69 bits per heavy atom. The lowest BCUT2D eigenvalue weighted by Crippen LogP contribution is -2.38. The molecule has 1 unspecified atom stereocenters. The topological polar surface area (TPSA) is 64.4 Å². The van der Waals surface area contributed by atoms with E-state index >= 15 is 0 Å². The Morgan fingerprint density at radius 2 is 2.00 bits per heavy atom. The van der Waals surface area contributed by atoms with Crippen LogP contribution in [0, 0.1) is 0 Å². The Morgan fingerprint density at radius 1 is 1.27 bits per heavy atom. The van der Waals surface area contributed by atoms with Gasteiger partial charge in [0.25, 0.3) is 5.56 Å². The number of imidazole rings is 1. The first-order valence-corrected chi connectivity index (χ1v) is 9.07. The van der Waals surface area contributed by atoms with E-state index in [0.29, 0.717) is 18.7 Å². The lowest BCUT2D eigenvalue weighted by molar-refractivity contribution is 0.230. The summed E-state index contributed by atoms with van der Waals surface area (Å²) in [5.74, 6) is 0. The predicted molar refractivity (Wildman–Crippen MR) is 103 cm³/mol. The van der Waals surface area contributed by atoms with E-state index in [2.05, 4.69) is 41.5 Å². The fraction of sp³-hybridized carbons (Fsp3) is 0.400. The molecule has 0 spiro atoms. The highest BCUT2D eigenvalue weighted by Crippen LogP contribution is 2.26. The second-order valence-corrected chi connectivity index (χ2v) is 6.97. The first-order chi connectivity index (χ1) is 12.6. The van der Waals surface area contributed by atoms with Crippen LogP contribution in [0.2, 0.25) is 0 Å². The van der Waals surface area contributed by atoms with Crippen LogP contribution in [-0.4, -0.2) is 33.0 Å². The van der Waals surface area contributed by atoms with Gasteiger partial charge in [-0.1, -0.05) is 31.2 Å². The fourth-order valence-corrected chi connectivity index (χ4v) is 3.28. The van der Waals surface area contributed by atoms with E-state index in [0.717, 1.165) is 24.9 Å². The Bertz CT molecular complexity index is 974. The van der Waals surface area contributed by atoms with E-state index in [4.69, 9.17) is 4.74 Å². The van der Waals surface area contributed by atoms with Crippen LogP contribution >= 0.6 is 0 Å². The minimum Gasteiger partial charge on any atom is -0.352 e. The quantitative estimate of drug-likeness (QED) is 0.660. The summed E-state index contributed by atoms with van der Waals surface area (Å²) in [4.78, 5) is 16.8. The molecular weight excluding hydrogens is 328 g/mol. The highest BCUT2D eigenvalue weighted by molar-refractivity contribution is 5.73. The lowest BCUT2D eigenvalue weighted by atomic mass is 10.1. The molecular formula is C20H26N4O2. The van der Waals surface area contributed by atoms with Crippen LogP contribution in [0.5, 0.6) is 0 Å². The van der Waals surface area contributed by atoms with Gasteiger partial charge in [-0.05, 0) is 30.0 Å². The molecule has 3 aromatic rings. The Kier molecular flexibility index (Phi) is 4.38. The van der Waals surface area contributed by atoms with Crippen molar-refractivity contribution in [2.24, 2.45) is 7.05 Å². The molecule has 0 aliphatic carbocycles. The van der Waals surface area contributed by atoms with Crippen molar-refractivity contribution in [1.29, 1.82) is 0 Å². The average molecular weight is 354 g/mol. The first kappa shape index (κ1) is 17.0. The Balaban J connectivity index is 0.00000210. The molecule has 2 aromatic heterocycles. The molecule has 1 fully saturated rings. The first-order valence-electron chi connectivity index (χ1n) is 9.07. The second-order valence-electron chi connectivity index (χ2n) is 6.97. The average Bonchev–Trinajstić information content (AvgIpc) is 3.29. The molecule has 6 heteroatoms.